The van der Waals surface area contributed by atoms with E-state index in [1.54, 1.807) is 0 Å². The minimum absolute atomic E-state index is 0.256. The molecule has 86 valence electrons. The topological polar surface area (TPSA) is 55.8 Å². The minimum Gasteiger partial charge on any atom is -0.454 e. The van der Waals surface area contributed by atoms with Gasteiger partial charge in [-0.2, -0.15) is 0 Å². The summed E-state index contributed by atoms with van der Waals surface area (Å²) < 4.78 is 10.4. The number of aliphatic hydroxyl groups is 1. The van der Waals surface area contributed by atoms with Crippen LogP contribution in [0.3, 0.4) is 0 Å². The highest BCUT2D eigenvalue weighted by atomic mass is 16.7. The van der Waals surface area contributed by atoms with E-state index in [-0.39, 0.29) is 6.79 Å². The molecule has 1 aromatic rings. The third kappa shape index (κ3) is 2.52. The van der Waals surface area contributed by atoms with Gasteiger partial charge in [0, 0.05) is 6.42 Å². The second-order valence-electron chi connectivity index (χ2n) is 3.79. The number of fused-ring (bicyclic) bond motifs is 1. The molecular formula is C12H14O4. The zero-order chi connectivity index (χ0) is 11.4. The van der Waals surface area contributed by atoms with E-state index in [0.717, 1.165) is 23.3 Å². The summed E-state index contributed by atoms with van der Waals surface area (Å²) in [6.45, 7) is 0.256. The summed E-state index contributed by atoms with van der Waals surface area (Å²) in [6, 6.07) is 5.61. The fraction of sp³-hybridized carbons (Fsp3) is 0.417. The van der Waals surface area contributed by atoms with E-state index in [2.05, 4.69) is 0 Å². The average molecular weight is 222 g/mol. The zero-order valence-corrected chi connectivity index (χ0v) is 8.89. The molecule has 1 N–H and O–H groups in total. The second-order valence-corrected chi connectivity index (χ2v) is 3.79. The van der Waals surface area contributed by atoms with Gasteiger partial charge in [-0.3, -0.25) is 0 Å². The highest BCUT2D eigenvalue weighted by Gasteiger charge is 2.14. The Morgan fingerprint density at radius 2 is 2.19 bits per heavy atom. The SMILES string of the molecule is O=CCCC(O)Cc1ccc2c(c1)OCO2. The van der Waals surface area contributed by atoms with Crippen LogP contribution in [-0.2, 0) is 11.2 Å². The molecule has 16 heavy (non-hydrogen) atoms. The Morgan fingerprint density at radius 1 is 1.38 bits per heavy atom. The number of rotatable bonds is 5. The monoisotopic (exact) mass is 222 g/mol. The van der Waals surface area contributed by atoms with Gasteiger partial charge in [0.25, 0.3) is 0 Å². The Balaban J connectivity index is 1.96. The van der Waals surface area contributed by atoms with Gasteiger partial charge in [0.05, 0.1) is 6.10 Å². The maximum absolute atomic E-state index is 10.2. The minimum atomic E-state index is -0.481. The lowest BCUT2D eigenvalue weighted by Gasteiger charge is -2.09. The van der Waals surface area contributed by atoms with E-state index in [4.69, 9.17) is 9.47 Å². The first-order valence-corrected chi connectivity index (χ1v) is 5.30. The number of benzene rings is 1. The summed E-state index contributed by atoms with van der Waals surface area (Å²) in [7, 11) is 0. The summed E-state index contributed by atoms with van der Waals surface area (Å²) in [5.74, 6) is 1.46. The van der Waals surface area contributed by atoms with Gasteiger partial charge < -0.3 is 19.4 Å². The Labute approximate surface area is 93.8 Å². The first-order valence-electron chi connectivity index (χ1n) is 5.30. The summed E-state index contributed by atoms with van der Waals surface area (Å²) >= 11 is 0. The van der Waals surface area contributed by atoms with Gasteiger partial charge in [0.1, 0.15) is 6.29 Å². The number of ether oxygens (including phenoxy) is 2. The van der Waals surface area contributed by atoms with Crippen molar-refractivity contribution >= 4 is 6.29 Å². The number of carbonyl (C=O) groups is 1. The van der Waals surface area contributed by atoms with Crippen LogP contribution in [0, 0.1) is 0 Å². The van der Waals surface area contributed by atoms with Crippen molar-refractivity contribution in [1.29, 1.82) is 0 Å². The molecule has 1 aliphatic heterocycles. The molecule has 0 saturated heterocycles. The van der Waals surface area contributed by atoms with Crippen LogP contribution in [0.25, 0.3) is 0 Å². The number of hydrogen-bond donors (Lipinski definition) is 1. The molecule has 0 aliphatic carbocycles. The van der Waals surface area contributed by atoms with Gasteiger partial charge in [-0.15, -0.1) is 0 Å². The summed E-state index contributed by atoms with van der Waals surface area (Å²) in [5, 5.41) is 9.65. The van der Waals surface area contributed by atoms with Gasteiger partial charge in [0.15, 0.2) is 11.5 Å². The molecule has 0 amide bonds. The van der Waals surface area contributed by atoms with Crippen LogP contribution in [0.4, 0.5) is 0 Å². The Hall–Kier alpha value is -1.55. The van der Waals surface area contributed by atoms with Crippen molar-refractivity contribution in [2.24, 2.45) is 0 Å². The standard InChI is InChI=1S/C12H14O4/c13-5-1-2-10(14)6-9-3-4-11-12(7-9)16-8-15-11/h3-5,7,10,14H,1-2,6,8H2. The molecule has 0 spiro atoms. The van der Waals surface area contributed by atoms with Gasteiger partial charge in [-0.25, -0.2) is 0 Å². The van der Waals surface area contributed by atoms with Crippen LogP contribution in [0.15, 0.2) is 18.2 Å². The molecule has 1 aliphatic rings. The van der Waals surface area contributed by atoms with Crippen molar-refractivity contribution in [3.8, 4) is 11.5 Å². The van der Waals surface area contributed by atoms with Crippen molar-refractivity contribution in [3.63, 3.8) is 0 Å². The Kier molecular flexibility index (Phi) is 3.41. The fourth-order valence-electron chi connectivity index (χ4n) is 1.70. The highest BCUT2D eigenvalue weighted by molar-refractivity contribution is 5.49. The smallest absolute Gasteiger partial charge is 0.231 e. The first-order chi connectivity index (χ1) is 7.79. The average Bonchev–Trinajstić information content (AvgIpc) is 2.73. The predicted molar refractivity (Wildman–Crippen MR) is 57.6 cm³/mol. The van der Waals surface area contributed by atoms with Crippen molar-refractivity contribution in [2.75, 3.05) is 6.79 Å². The molecule has 0 fully saturated rings. The lowest BCUT2D eigenvalue weighted by molar-refractivity contribution is -0.108. The van der Waals surface area contributed by atoms with E-state index >= 15 is 0 Å². The lowest BCUT2D eigenvalue weighted by Crippen LogP contribution is -2.10. The maximum Gasteiger partial charge on any atom is 0.231 e. The molecule has 0 aromatic heterocycles. The van der Waals surface area contributed by atoms with Gasteiger partial charge in [0.2, 0.25) is 6.79 Å². The third-order valence-corrected chi connectivity index (χ3v) is 2.53. The molecule has 4 nitrogen and oxygen atoms in total. The number of hydrogen-bond acceptors (Lipinski definition) is 4. The quantitative estimate of drug-likeness (QED) is 0.763. The van der Waals surface area contributed by atoms with Crippen molar-refractivity contribution in [1.82, 2.24) is 0 Å². The molecule has 1 unspecified atom stereocenters. The van der Waals surface area contributed by atoms with Gasteiger partial charge >= 0.3 is 0 Å². The molecule has 4 heteroatoms. The number of aldehydes is 1. The fourth-order valence-corrected chi connectivity index (χ4v) is 1.70. The van der Waals surface area contributed by atoms with Crippen LogP contribution in [0.1, 0.15) is 18.4 Å². The predicted octanol–water partition coefficient (Wildman–Crippen LogP) is 1.30. The van der Waals surface area contributed by atoms with Crippen LogP contribution in [0.2, 0.25) is 0 Å². The Morgan fingerprint density at radius 3 is 3.00 bits per heavy atom. The lowest BCUT2D eigenvalue weighted by atomic mass is 10.0. The summed E-state index contributed by atoms with van der Waals surface area (Å²) in [5.41, 5.74) is 0.989. The molecule has 2 rings (SSSR count). The molecule has 0 radical (unpaired) electrons. The molecule has 1 aromatic carbocycles. The zero-order valence-electron chi connectivity index (χ0n) is 8.89. The van der Waals surface area contributed by atoms with Crippen LogP contribution in [-0.4, -0.2) is 24.3 Å². The molecule has 1 heterocycles. The normalized spacial score (nSPS) is 14.8. The third-order valence-electron chi connectivity index (χ3n) is 2.53. The van der Waals surface area contributed by atoms with Crippen molar-refractivity contribution < 1.29 is 19.4 Å². The van der Waals surface area contributed by atoms with E-state index in [9.17, 15) is 9.90 Å². The van der Waals surface area contributed by atoms with Crippen molar-refractivity contribution in [2.45, 2.75) is 25.4 Å². The molecule has 0 bridgehead atoms. The highest BCUT2D eigenvalue weighted by Crippen LogP contribution is 2.32. The largest absolute Gasteiger partial charge is 0.454 e. The number of carbonyl (C=O) groups excluding carboxylic acids is 1. The molecule has 0 saturated carbocycles. The summed E-state index contributed by atoms with van der Waals surface area (Å²) in [6.07, 6.45) is 1.77. The maximum atomic E-state index is 10.2. The van der Waals surface area contributed by atoms with E-state index in [1.807, 2.05) is 18.2 Å². The molecular weight excluding hydrogens is 208 g/mol. The van der Waals surface area contributed by atoms with Crippen molar-refractivity contribution in [3.05, 3.63) is 23.8 Å². The number of aliphatic hydroxyl groups excluding tert-OH is 1. The van der Waals surface area contributed by atoms with Crippen LogP contribution < -0.4 is 9.47 Å². The Bertz CT molecular complexity index is 375. The first kappa shape index (κ1) is 11.0. The van der Waals surface area contributed by atoms with E-state index in [0.29, 0.717) is 19.3 Å². The van der Waals surface area contributed by atoms with E-state index < -0.39 is 6.10 Å². The second kappa shape index (κ2) is 4.99. The van der Waals surface area contributed by atoms with Gasteiger partial charge in [-0.1, -0.05) is 6.07 Å². The molecule has 1 atom stereocenters. The summed E-state index contributed by atoms with van der Waals surface area (Å²) in [4.78, 5) is 10.2. The van der Waals surface area contributed by atoms with Crippen LogP contribution >= 0.6 is 0 Å². The van der Waals surface area contributed by atoms with Gasteiger partial charge in [-0.05, 0) is 30.5 Å². The van der Waals surface area contributed by atoms with Crippen LogP contribution in [0.5, 0.6) is 11.5 Å². The van der Waals surface area contributed by atoms with E-state index in [1.165, 1.54) is 0 Å².